The molecule has 4 nitrogen and oxygen atoms in total. The van der Waals surface area contributed by atoms with Crippen LogP contribution in [0.15, 0.2) is 18.2 Å². The van der Waals surface area contributed by atoms with Gasteiger partial charge in [0, 0.05) is 19.2 Å². The molecule has 2 N–H and O–H groups in total. The van der Waals surface area contributed by atoms with Crippen molar-refractivity contribution in [3.63, 3.8) is 0 Å². The van der Waals surface area contributed by atoms with E-state index in [0.29, 0.717) is 25.4 Å². The van der Waals surface area contributed by atoms with E-state index in [1.807, 2.05) is 0 Å². The summed E-state index contributed by atoms with van der Waals surface area (Å²) in [5.74, 6) is -0.225. The standard InChI is InChI=1S/C14H18ClFN2O2/c1-14(8-17)4-5-18(9-14)13(19)7-20-10-2-3-12(16)11(15)6-10/h2-3,6H,4-5,7-9,17H2,1H3. The second kappa shape index (κ2) is 5.97. The lowest BCUT2D eigenvalue weighted by atomic mass is 9.90. The Morgan fingerprint density at radius 3 is 2.95 bits per heavy atom. The van der Waals surface area contributed by atoms with Gasteiger partial charge in [0.2, 0.25) is 0 Å². The summed E-state index contributed by atoms with van der Waals surface area (Å²) >= 11 is 5.65. The van der Waals surface area contributed by atoms with E-state index in [1.54, 1.807) is 4.90 Å². The molecule has 1 aliphatic rings. The Balaban J connectivity index is 1.88. The average Bonchev–Trinajstić information content (AvgIpc) is 2.83. The van der Waals surface area contributed by atoms with Crippen molar-refractivity contribution < 1.29 is 13.9 Å². The molecule has 0 radical (unpaired) electrons. The van der Waals surface area contributed by atoms with Crippen molar-refractivity contribution in [2.75, 3.05) is 26.2 Å². The van der Waals surface area contributed by atoms with Gasteiger partial charge < -0.3 is 15.4 Å². The van der Waals surface area contributed by atoms with Crippen LogP contribution in [0.25, 0.3) is 0 Å². The summed E-state index contributed by atoms with van der Waals surface area (Å²) in [5.41, 5.74) is 5.70. The van der Waals surface area contributed by atoms with Gasteiger partial charge in [-0.1, -0.05) is 18.5 Å². The van der Waals surface area contributed by atoms with Crippen molar-refractivity contribution in [3.8, 4) is 5.75 Å². The van der Waals surface area contributed by atoms with E-state index in [1.165, 1.54) is 18.2 Å². The zero-order valence-corrected chi connectivity index (χ0v) is 12.1. The maximum absolute atomic E-state index is 13.0. The highest BCUT2D eigenvalue weighted by Gasteiger charge is 2.34. The lowest BCUT2D eigenvalue weighted by Gasteiger charge is -2.22. The molecule has 1 unspecified atom stereocenters. The minimum atomic E-state index is -0.511. The average molecular weight is 301 g/mol. The number of carbonyl (C=O) groups excluding carboxylic acids is 1. The van der Waals surface area contributed by atoms with Gasteiger partial charge in [0.05, 0.1) is 5.02 Å². The van der Waals surface area contributed by atoms with Crippen molar-refractivity contribution in [1.82, 2.24) is 4.90 Å². The molecule has 0 spiro atoms. The molecule has 1 fully saturated rings. The minimum absolute atomic E-state index is 0.00512. The van der Waals surface area contributed by atoms with Gasteiger partial charge >= 0.3 is 0 Å². The highest BCUT2D eigenvalue weighted by atomic mass is 35.5. The van der Waals surface area contributed by atoms with Gasteiger partial charge in [-0.25, -0.2) is 4.39 Å². The van der Waals surface area contributed by atoms with Crippen molar-refractivity contribution in [2.24, 2.45) is 11.1 Å². The fourth-order valence-corrected chi connectivity index (χ4v) is 2.38. The number of rotatable bonds is 4. The van der Waals surface area contributed by atoms with Crippen molar-refractivity contribution >= 4 is 17.5 Å². The van der Waals surface area contributed by atoms with E-state index < -0.39 is 5.82 Å². The number of likely N-dealkylation sites (tertiary alicyclic amines) is 1. The summed E-state index contributed by atoms with van der Waals surface area (Å²) in [5, 5.41) is -0.0215. The van der Waals surface area contributed by atoms with Crippen LogP contribution in [-0.4, -0.2) is 37.0 Å². The first-order valence-corrected chi connectivity index (χ1v) is 6.87. The van der Waals surface area contributed by atoms with Gasteiger partial charge in [-0.3, -0.25) is 4.79 Å². The van der Waals surface area contributed by atoms with Gasteiger partial charge in [-0.05, 0) is 30.5 Å². The monoisotopic (exact) mass is 300 g/mol. The van der Waals surface area contributed by atoms with Crippen molar-refractivity contribution in [2.45, 2.75) is 13.3 Å². The van der Waals surface area contributed by atoms with Crippen LogP contribution in [0.1, 0.15) is 13.3 Å². The Labute approximate surface area is 122 Å². The first kappa shape index (κ1) is 15.1. The van der Waals surface area contributed by atoms with Crippen LogP contribution >= 0.6 is 11.6 Å². The van der Waals surface area contributed by atoms with Gasteiger partial charge in [-0.2, -0.15) is 0 Å². The van der Waals surface area contributed by atoms with E-state index in [4.69, 9.17) is 22.1 Å². The van der Waals surface area contributed by atoms with Crippen LogP contribution in [0, 0.1) is 11.2 Å². The molecule has 0 saturated carbocycles. The second-order valence-electron chi connectivity index (χ2n) is 5.44. The van der Waals surface area contributed by atoms with Gasteiger partial charge in [0.1, 0.15) is 11.6 Å². The van der Waals surface area contributed by atoms with Gasteiger partial charge in [-0.15, -0.1) is 0 Å². The van der Waals surface area contributed by atoms with Crippen LogP contribution in [0.5, 0.6) is 5.75 Å². The summed E-state index contributed by atoms with van der Waals surface area (Å²) in [4.78, 5) is 13.8. The first-order valence-electron chi connectivity index (χ1n) is 6.49. The lowest BCUT2D eigenvalue weighted by molar-refractivity contribution is -0.132. The highest BCUT2D eigenvalue weighted by molar-refractivity contribution is 6.30. The summed E-state index contributed by atoms with van der Waals surface area (Å²) < 4.78 is 18.3. The predicted octanol–water partition coefficient (Wildman–Crippen LogP) is 2.06. The fourth-order valence-electron chi connectivity index (χ4n) is 2.21. The molecule has 110 valence electrons. The minimum Gasteiger partial charge on any atom is -0.484 e. The number of benzene rings is 1. The van der Waals surface area contributed by atoms with E-state index in [9.17, 15) is 9.18 Å². The highest BCUT2D eigenvalue weighted by Crippen LogP contribution is 2.28. The van der Waals surface area contributed by atoms with E-state index in [0.717, 1.165) is 6.42 Å². The summed E-state index contributed by atoms with van der Waals surface area (Å²) in [7, 11) is 0. The third-order valence-corrected chi connectivity index (χ3v) is 3.95. The molecule has 2 rings (SSSR count). The number of nitrogens with two attached hydrogens (primary N) is 1. The molecule has 6 heteroatoms. The van der Waals surface area contributed by atoms with Crippen LogP contribution in [0.2, 0.25) is 5.02 Å². The van der Waals surface area contributed by atoms with E-state index >= 15 is 0 Å². The Kier molecular flexibility index (Phi) is 4.50. The fraction of sp³-hybridized carbons (Fsp3) is 0.500. The smallest absolute Gasteiger partial charge is 0.260 e. The number of halogens is 2. The maximum Gasteiger partial charge on any atom is 0.260 e. The molecule has 1 aromatic rings. The molecule has 1 amide bonds. The zero-order valence-electron chi connectivity index (χ0n) is 11.4. The molecule has 1 saturated heterocycles. The topological polar surface area (TPSA) is 55.6 Å². The Hall–Kier alpha value is -1.33. The van der Waals surface area contributed by atoms with E-state index in [-0.39, 0.29) is 23.0 Å². The Morgan fingerprint density at radius 2 is 2.35 bits per heavy atom. The van der Waals surface area contributed by atoms with E-state index in [2.05, 4.69) is 6.92 Å². The largest absolute Gasteiger partial charge is 0.484 e. The summed E-state index contributed by atoms with van der Waals surface area (Å²) in [6.45, 7) is 3.89. The number of nitrogens with zero attached hydrogens (tertiary/aromatic N) is 1. The molecular weight excluding hydrogens is 283 g/mol. The maximum atomic E-state index is 13.0. The zero-order chi connectivity index (χ0) is 14.8. The van der Waals surface area contributed by atoms with Crippen LogP contribution < -0.4 is 10.5 Å². The van der Waals surface area contributed by atoms with Crippen LogP contribution in [-0.2, 0) is 4.79 Å². The Morgan fingerprint density at radius 1 is 1.60 bits per heavy atom. The predicted molar refractivity (Wildman–Crippen MR) is 75.3 cm³/mol. The molecule has 1 atom stereocenters. The Bertz CT molecular complexity index is 512. The molecule has 1 heterocycles. The van der Waals surface area contributed by atoms with Crippen molar-refractivity contribution in [1.29, 1.82) is 0 Å². The van der Waals surface area contributed by atoms with Crippen LogP contribution in [0.4, 0.5) is 4.39 Å². The normalized spacial score (nSPS) is 22.1. The van der Waals surface area contributed by atoms with Gasteiger partial charge in [0.15, 0.2) is 6.61 Å². The number of ether oxygens (including phenoxy) is 1. The number of hydrogen-bond acceptors (Lipinski definition) is 3. The van der Waals surface area contributed by atoms with Crippen molar-refractivity contribution in [3.05, 3.63) is 29.0 Å². The number of hydrogen-bond donors (Lipinski definition) is 1. The first-order chi connectivity index (χ1) is 9.43. The molecular formula is C14H18ClFN2O2. The summed E-state index contributed by atoms with van der Waals surface area (Å²) in [6, 6.07) is 4.02. The van der Waals surface area contributed by atoms with Gasteiger partial charge in [0.25, 0.3) is 5.91 Å². The second-order valence-corrected chi connectivity index (χ2v) is 5.85. The SMILES string of the molecule is CC1(CN)CCN(C(=O)COc2ccc(F)c(Cl)c2)C1. The lowest BCUT2D eigenvalue weighted by Crippen LogP contribution is -2.36. The molecule has 1 aromatic carbocycles. The molecule has 0 bridgehead atoms. The quantitative estimate of drug-likeness (QED) is 0.926. The third kappa shape index (κ3) is 3.41. The number of carbonyl (C=O) groups is 1. The molecule has 0 aromatic heterocycles. The molecule has 20 heavy (non-hydrogen) atoms. The van der Waals surface area contributed by atoms with Crippen LogP contribution in [0.3, 0.4) is 0 Å². The molecule has 0 aliphatic carbocycles. The summed E-state index contributed by atoms with van der Waals surface area (Å²) in [6.07, 6.45) is 0.900. The third-order valence-electron chi connectivity index (χ3n) is 3.66. The number of amides is 1. The molecule has 1 aliphatic heterocycles.